The van der Waals surface area contributed by atoms with E-state index < -0.39 is 0 Å². The Morgan fingerprint density at radius 1 is 1.18 bits per heavy atom. The fraction of sp³-hybridized carbons (Fsp3) is 0.250. The van der Waals surface area contributed by atoms with Gasteiger partial charge in [0.25, 0.3) is 5.91 Å². The molecule has 2 amide bonds. The lowest BCUT2D eigenvalue weighted by atomic mass is 10.2. The smallest absolute Gasteiger partial charge is 0.264 e. The number of thioether (sulfide) groups is 1. The summed E-state index contributed by atoms with van der Waals surface area (Å²) in [6.45, 7) is 2.01. The summed E-state index contributed by atoms with van der Waals surface area (Å²) in [4.78, 5) is 26.9. The zero-order chi connectivity index (χ0) is 16.1. The number of nitrogens with zero attached hydrogens (tertiary/aromatic N) is 1. The molecular weight excluding hydrogens is 316 g/mol. The van der Waals surface area contributed by atoms with Gasteiger partial charge < -0.3 is 10.2 Å². The Bertz CT molecular complexity index is 665. The molecule has 22 heavy (non-hydrogen) atoms. The van der Waals surface area contributed by atoms with Gasteiger partial charge in [-0.3, -0.25) is 9.59 Å². The van der Waals surface area contributed by atoms with E-state index in [4.69, 9.17) is 0 Å². The second-order valence-electron chi connectivity index (χ2n) is 4.85. The maximum absolute atomic E-state index is 12.4. The number of nitrogens with one attached hydrogen (secondary N) is 1. The van der Waals surface area contributed by atoms with Gasteiger partial charge in [-0.05, 0) is 36.1 Å². The van der Waals surface area contributed by atoms with Crippen LogP contribution in [0.1, 0.15) is 22.2 Å². The highest BCUT2D eigenvalue weighted by Gasteiger charge is 2.15. The molecule has 4 nitrogen and oxygen atoms in total. The van der Waals surface area contributed by atoms with Gasteiger partial charge >= 0.3 is 0 Å². The van der Waals surface area contributed by atoms with E-state index in [9.17, 15) is 9.59 Å². The number of hydrogen-bond acceptors (Lipinski definition) is 4. The SMILES string of the molecule is CSc1ccc(CN(C)C(=O)c2ccc(NC(C)=O)s2)cc1. The molecule has 0 saturated heterocycles. The first-order valence-corrected chi connectivity index (χ1v) is 8.79. The molecule has 0 radical (unpaired) electrons. The molecule has 116 valence electrons. The van der Waals surface area contributed by atoms with Crippen LogP contribution in [0.25, 0.3) is 0 Å². The standard InChI is InChI=1S/C16H18N2O2S2/c1-11(19)17-15-9-8-14(22-15)16(20)18(2)10-12-4-6-13(21-3)7-5-12/h4-9H,10H2,1-3H3,(H,17,19). The zero-order valence-corrected chi connectivity index (χ0v) is 14.4. The molecule has 0 fully saturated rings. The first-order chi connectivity index (χ1) is 10.5. The maximum Gasteiger partial charge on any atom is 0.264 e. The Morgan fingerprint density at radius 3 is 2.45 bits per heavy atom. The first-order valence-electron chi connectivity index (χ1n) is 6.75. The van der Waals surface area contributed by atoms with Crippen molar-refractivity contribution in [2.75, 3.05) is 18.6 Å². The summed E-state index contributed by atoms with van der Waals surface area (Å²) in [7, 11) is 1.78. The Labute approximate surface area is 138 Å². The molecule has 6 heteroatoms. The highest BCUT2D eigenvalue weighted by Crippen LogP contribution is 2.23. The summed E-state index contributed by atoms with van der Waals surface area (Å²) >= 11 is 2.98. The molecule has 0 aliphatic rings. The average molecular weight is 334 g/mol. The van der Waals surface area contributed by atoms with Crippen LogP contribution in [0.5, 0.6) is 0 Å². The number of benzene rings is 1. The monoisotopic (exact) mass is 334 g/mol. The van der Waals surface area contributed by atoms with Crippen LogP contribution in [0.3, 0.4) is 0 Å². The molecule has 0 spiro atoms. The molecule has 0 atom stereocenters. The van der Waals surface area contributed by atoms with Gasteiger partial charge in [0.1, 0.15) is 0 Å². The van der Waals surface area contributed by atoms with Gasteiger partial charge in [0.2, 0.25) is 5.91 Å². The molecule has 0 unspecified atom stereocenters. The molecule has 0 aliphatic carbocycles. The number of hydrogen-bond donors (Lipinski definition) is 1. The molecule has 2 aromatic rings. The molecule has 0 bridgehead atoms. The molecule has 1 N–H and O–H groups in total. The summed E-state index contributed by atoms with van der Waals surface area (Å²) < 4.78 is 0. The van der Waals surface area contributed by atoms with Crippen LogP contribution in [0, 0.1) is 0 Å². The molecule has 0 aliphatic heterocycles. The molecular formula is C16H18N2O2S2. The molecule has 1 heterocycles. The number of carbonyl (C=O) groups excluding carboxylic acids is 2. The van der Waals surface area contributed by atoms with Crippen molar-refractivity contribution in [3.63, 3.8) is 0 Å². The van der Waals surface area contributed by atoms with E-state index in [0.29, 0.717) is 16.4 Å². The lowest BCUT2D eigenvalue weighted by Crippen LogP contribution is -2.25. The summed E-state index contributed by atoms with van der Waals surface area (Å²) in [6.07, 6.45) is 2.04. The third kappa shape index (κ3) is 4.35. The first kappa shape index (κ1) is 16.6. The van der Waals surface area contributed by atoms with E-state index >= 15 is 0 Å². The van der Waals surface area contributed by atoms with Crippen LogP contribution < -0.4 is 5.32 Å². The van der Waals surface area contributed by atoms with Crippen LogP contribution >= 0.6 is 23.1 Å². The molecule has 2 rings (SSSR count). The van der Waals surface area contributed by atoms with Crippen LogP contribution in [0.4, 0.5) is 5.00 Å². The molecule has 1 aromatic carbocycles. The summed E-state index contributed by atoms with van der Waals surface area (Å²) in [5, 5.41) is 3.38. The Balaban J connectivity index is 2.01. The van der Waals surface area contributed by atoms with E-state index in [0.717, 1.165) is 5.56 Å². The third-order valence-electron chi connectivity index (χ3n) is 3.04. The largest absolute Gasteiger partial charge is 0.337 e. The quantitative estimate of drug-likeness (QED) is 0.848. The number of thiophene rings is 1. The second-order valence-corrected chi connectivity index (χ2v) is 6.82. The number of rotatable bonds is 5. The zero-order valence-electron chi connectivity index (χ0n) is 12.8. The minimum Gasteiger partial charge on any atom is -0.337 e. The molecule has 1 aromatic heterocycles. The van der Waals surface area contributed by atoms with Crippen LogP contribution in [0.2, 0.25) is 0 Å². The normalized spacial score (nSPS) is 10.3. The highest BCUT2D eigenvalue weighted by atomic mass is 32.2. The van der Waals surface area contributed by atoms with Gasteiger partial charge in [0, 0.05) is 25.4 Å². The minimum absolute atomic E-state index is 0.0458. The Hall–Kier alpha value is -1.79. The van der Waals surface area contributed by atoms with Crippen LogP contribution in [-0.2, 0) is 11.3 Å². The van der Waals surface area contributed by atoms with Gasteiger partial charge in [-0.25, -0.2) is 0 Å². The van der Waals surface area contributed by atoms with Crippen molar-refractivity contribution in [3.05, 3.63) is 46.8 Å². The van der Waals surface area contributed by atoms with Crippen molar-refractivity contribution >= 4 is 39.9 Å². The summed E-state index contributed by atoms with van der Waals surface area (Å²) in [6, 6.07) is 11.7. The van der Waals surface area contributed by atoms with Crippen LogP contribution in [0.15, 0.2) is 41.3 Å². The van der Waals surface area contributed by atoms with Gasteiger partial charge in [0.05, 0.1) is 9.88 Å². The minimum atomic E-state index is -0.136. The van der Waals surface area contributed by atoms with Crippen molar-refractivity contribution < 1.29 is 9.59 Å². The van der Waals surface area contributed by atoms with E-state index in [1.54, 1.807) is 35.8 Å². The van der Waals surface area contributed by atoms with Crippen molar-refractivity contribution in [3.8, 4) is 0 Å². The van der Waals surface area contributed by atoms with Crippen molar-refractivity contribution in [2.45, 2.75) is 18.4 Å². The van der Waals surface area contributed by atoms with Crippen molar-refractivity contribution in [1.29, 1.82) is 0 Å². The van der Waals surface area contributed by atoms with E-state index in [2.05, 4.69) is 17.4 Å². The predicted molar refractivity (Wildman–Crippen MR) is 92.6 cm³/mol. The Morgan fingerprint density at radius 2 is 1.86 bits per heavy atom. The van der Waals surface area contributed by atoms with Gasteiger partial charge in [-0.2, -0.15) is 0 Å². The van der Waals surface area contributed by atoms with E-state index in [-0.39, 0.29) is 11.8 Å². The summed E-state index contributed by atoms with van der Waals surface area (Å²) in [5.41, 5.74) is 1.09. The van der Waals surface area contributed by atoms with Crippen LogP contribution in [-0.4, -0.2) is 30.0 Å². The van der Waals surface area contributed by atoms with E-state index in [1.165, 1.54) is 23.2 Å². The fourth-order valence-electron chi connectivity index (χ4n) is 1.96. The number of carbonyl (C=O) groups is 2. The summed E-state index contributed by atoms with van der Waals surface area (Å²) in [5.74, 6) is -0.182. The predicted octanol–water partition coefficient (Wildman–Crippen LogP) is 3.70. The lowest BCUT2D eigenvalue weighted by molar-refractivity contribution is -0.114. The number of anilines is 1. The lowest BCUT2D eigenvalue weighted by Gasteiger charge is -2.16. The average Bonchev–Trinajstić information content (AvgIpc) is 2.94. The maximum atomic E-state index is 12.4. The highest BCUT2D eigenvalue weighted by molar-refractivity contribution is 7.98. The van der Waals surface area contributed by atoms with Gasteiger partial charge in [0.15, 0.2) is 0 Å². The molecule has 0 saturated carbocycles. The third-order valence-corrected chi connectivity index (χ3v) is 4.77. The Kier molecular flexibility index (Phi) is 5.63. The number of amides is 2. The topological polar surface area (TPSA) is 49.4 Å². The van der Waals surface area contributed by atoms with E-state index in [1.807, 2.05) is 18.4 Å². The van der Waals surface area contributed by atoms with Gasteiger partial charge in [-0.15, -0.1) is 23.1 Å². The second kappa shape index (κ2) is 7.47. The van der Waals surface area contributed by atoms with Crippen molar-refractivity contribution in [2.24, 2.45) is 0 Å². The fourth-order valence-corrected chi connectivity index (χ4v) is 3.31. The van der Waals surface area contributed by atoms with Crippen molar-refractivity contribution in [1.82, 2.24) is 4.90 Å². The van der Waals surface area contributed by atoms with Gasteiger partial charge in [-0.1, -0.05) is 12.1 Å².